The molecular formula is C23H22BrN3O2. The Kier molecular flexibility index (Phi) is 5.92. The number of carbonyl (C=O) groups excluding carboxylic acids is 1. The number of amides is 1. The van der Waals surface area contributed by atoms with Gasteiger partial charge < -0.3 is 10.0 Å². The number of halogens is 1. The molecule has 1 saturated heterocycles. The second kappa shape index (κ2) is 8.76. The van der Waals surface area contributed by atoms with Gasteiger partial charge in [-0.15, -0.1) is 0 Å². The Morgan fingerprint density at radius 3 is 2.59 bits per heavy atom. The average Bonchev–Trinajstić information content (AvgIpc) is 2.76. The number of aromatic nitrogens is 1. The molecule has 4 rings (SSSR count). The number of benzene rings is 2. The first-order valence-electron chi connectivity index (χ1n) is 9.60. The first-order chi connectivity index (χ1) is 14.1. The van der Waals surface area contributed by atoms with Crippen molar-refractivity contribution in [1.29, 1.82) is 0 Å². The SMILES string of the molecule is O=C(/C=C/c1ccc(Br)cc1)N1CCN(Cc2ccc(O)c3ncccc23)CC1. The Bertz CT molecular complexity index is 1040. The van der Waals surface area contributed by atoms with Gasteiger partial charge in [-0.25, -0.2) is 0 Å². The first-order valence-corrected chi connectivity index (χ1v) is 10.4. The second-order valence-corrected chi connectivity index (χ2v) is 8.05. The number of pyridine rings is 1. The molecule has 0 spiro atoms. The van der Waals surface area contributed by atoms with Crippen molar-refractivity contribution in [3.63, 3.8) is 0 Å². The molecule has 0 bridgehead atoms. The van der Waals surface area contributed by atoms with E-state index in [2.05, 4.69) is 25.8 Å². The van der Waals surface area contributed by atoms with E-state index in [0.717, 1.165) is 40.6 Å². The summed E-state index contributed by atoms with van der Waals surface area (Å²) in [6.07, 6.45) is 5.20. The smallest absolute Gasteiger partial charge is 0.246 e. The molecule has 1 aromatic heterocycles. The van der Waals surface area contributed by atoms with Crippen molar-refractivity contribution in [2.75, 3.05) is 26.2 Å². The van der Waals surface area contributed by atoms with Gasteiger partial charge in [-0.05, 0) is 41.5 Å². The number of hydrogen-bond acceptors (Lipinski definition) is 4. The molecule has 1 aliphatic heterocycles. The Hall–Kier alpha value is -2.70. The van der Waals surface area contributed by atoms with E-state index in [0.29, 0.717) is 18.6 Å². The van der Waals surface area contributed by atoms with Gasteiger partial charge in [0, 0.05) is 54.9 Å². The van der Waals surface area contributed by atoms with Crippen LogP contribution in [-0.2, 0) is 11.3 Å². The van der Waals surface area contributed by atoms with Gasteiger partial charge in [0.1, 0.15) is 11.3 Å². The molecule has 2 aromatic carbocycles. The van der Waals surface area contributed by atoms with E-state index in [9.17, 15) is 9.90 Å². The van der Waals surface area contributed by atoms with Crippen LogP contribution >= 0.6 is 15.9 Å². The first kappa shape index (κ1) is 19.6. The zero-order valence-electron chi connectivity index (χ0n) is 16.0. The van der Waals surface area contributed by atoms with Crippen LogP contribution in [0.25, 0.3) is 17.0 Å². The van der Waals surface area contributed by atoms with Crippen molar-refractivity contribution in [1.82, 2.24) is 14.8 Å². The van der Waals surface area contributed by atoms with E-state index in [4.69, 9.17) is 0 Å². The maximum atomic E-state index is 12.5. The molecule has 6 heteroatoms. The summed E-state index contributed by atoms with van der Waals surface area (Å²) < 4.78 is 1.02. The molecular weight excluding hydrogens is 430 g/mol. The maximum Gasteiger partial charge on any atom is 0.246 e. The van der Waals surface area contributed by atoms with Crippen molar-refractivity contribution in [2.45, 2.75) is 6.54 Å². The molecule has 29 heavy (non-hydrogen) atoms. The minimum Gasteiger partial charge on any atom is -0.506 e. The van der Waals surface area contributed by atoms with Gasteiger partial charge in [-0.1, -0.05) is 40.2 Å². The molecule has 0 radical (unpaired) electrons. The summed E-state index contributed by atoms with van der Waals surface area (Å²) in [4.78, 5) is 21.0. The number of phenolic OH excluding ortho intramolecular Hbond substituents is 1. The topological polar surface area (TPSA) is 56.7 Å². The fourth-order valence-electron chi connectivity index (χ4n) is 3.57. The van der Waals surface area contributed by atoms with E-state index < -0.39 is 0 Å². The van der Waals surface area contributed by atoms with Crippen molar-refractivity contribution < 1.29 is 9.90 Å². The highest BCUT2D eigenvalue weighted by Gasteiger charge is 2.20. The third kappa shape index (κ3) is 4.66. The summed E-state index contributed by atoms with van der Waals surface area (Å²) in [7, 11) is 0. The zero-order chi connectivity index (χ0) is 20.2. The third-order valence-electron chi connectivity index (χ3n) is 5.20. The lowest BCUT2D eigenvalue weighted by atomic mass is 10.1. The number of piperazine rings is 1. The minimum absolute atomic E-state index is 0.0480. The van der Waals surface area contributed by atoms with Gasteiger partial charge in [0.2, 0.25) is 5.91 Å². The van der Waals surface area contributed by atoms with Gasteiger partial charge >= 0.3 is 0 Å². The number of nitrogens with zero attached hydrogens (tertiary/aromatic N) is 3. The molecule has 0 atom stereocenters. The van der Waals surface area contributed by atoms with Crippen LogP contribution in [0.1, 0.15) is 11.1 Å². The van der Waals surface area contributed by atoms with E-state index in [1.807, 2.05) is 53.4 Å². The van der Waals surface area contributed by atoms with Crippen LogP contribution in [0.15, 0.2) is 65.3 Å². The molecule has 1 aliphatic rings. The molecule has 5 nitrogen and oxygen atoms in total. The van der Waals surface area contributed by atoms with Crippen molar-refractivity contribution >= 4 is 38.8 Å². The highest BCUT2D eigenvalue weighted by atomic mass is 79.9. The van der Waals surface area contributed by atoms with Crippen molar-refractivity contribution in [3.05, 3.63) is 76.4 Å². The predicted octanol–water partition coefficient (Wildman–Crippen LogP) is 4.06. The number of carbonyl (C=O) groups is 1. The molecule has 2 heterocycles. The van der Waals surface area contributed by atoms with Crippen LogP contribution in [0.4, 0.5) is 0 Å². The number of phenols is 1. The fraction of sp³-hybridized carbons (Fsp3) is 0.217. The largest absolute Gasteiger partial charge is 0.506 e. The van der Waals surface area contributed by atoms with Crippen LogP contribution in [0.2, 0.25) is 0 Å². The van der Waals surface area contributed by atoms with Gasteiger partial charge in [0.15, 0.2) is 0 Å². The lowest BCUT2D eigenvalue weighted by molar-refractivity contribution is -0.127. The lowest BCUT2D eigenvalue weighted by Gasteiger charge is -2.34. The van der Waals surface area contributed by atoms with Crippen LogP contribution in [-0.4, -0.2) is 52.0 Å². The summed E-state index contributed by atoms with van der Waals surface area (Å²) in [6.45, 7) is 3.83. The molecule has 1 N–H and O–H groups in total. The van der Waals surface area contributed by atoms with E-state index in [-0.39, 0.29) is 11.7 Å². The van der Waals surface area contributed by atoms with Crippen LogP contribution in [0.3, 0.4) is 0 Å². The summed E-state index contributed by atoms with van der Waals surface area (Å²) in [5, 5.41) is 11.0. The predicted molar refractivity (Wildman–Crippen MR) is 118 cm³/mol. The number of aromatic hydroxyl groups is 1. The molecule has 3 aromatic rings. The van der Waals surface area contributed by atoms with Gasteiger partial charge in [-0.2, -0.15) is 0 Å². The standard InChI is InChI=1S/C23H22BrN3O2/c24-19-7-3-17(4-8-19)5-10-22(29)27-14-12-26(13-15-27)16-18-6-9-21(28)23-20(18)2-1-11-25-23/h1-11,28H,12-16H2/b10-5+. The second-order valence-electron chi connectivity index (χ2n) is 7.13. The van der Waals surface area contributed by atoms with Gasteiger partial charge in [0.25, 0.3) is 0 Å². The fourth-order valence-corrected chi connectivity index (χ4v) is 3.83. The molecule has 148 valence electrons. The van der Waals surface area contributed by atoms with Crippen LogP contribution in [0, 0.1) is 0 Å². The summed E-state index contributed by atoms with van der Waals surface area (Å²) in [6, 6.07) is 15.4. The number of fused-ring (bicyclic) bond motifs is 1. The Morgan fingerprint density at radius 2 is 1.83 bits per heavy atom. The van der Waals surface area contributed by atoms with Gasteiger partial charge in [-0.3, -0.25) is 14.7 Å². The quantitative estimate of drug-likeness (QED) is 0.607. The highest BCUT2D eigenvalue weighted by Crippen LogP contribution is 2.26. The maximum absolute atomic E-state index is 12.5. The monoisotopic (exact) mass is 451 g/mol. The summed E-state index contributed by atoms with van der Waals surface area (Å²) in [5.41, 5.74) is 2.78. The summed E-state index contributed by atoms with van der Waals surface area (Å²) >= 11 is 3.41. The van der Waals surface area contributed by atoms with Crippen molar-refractivity contribution in [3.8, 4) is 5.75 Å². The Labute approximate surface area is 178 Å². The molecule has 1 fully saturated rings. The van der Waals surface area contributed by atoms with Gasteiger partial charge in [0.05, 0.1) is 0 Å². The Morgan fingerprint density at radius 1 is 1.07 bits per heavy atom. The van der Waals surface area contributed by atoms with E-state index in [1.54, 1.807) is 18.3 Å². The zero-order valence-corrected chi connectivity index (χ0v) is 17.5. The molecule has 0 aliphatic carbocycles. The normalized spacial score (nSPS) is 15.3. The van der Waals surface area contributed by atoms with Crippen LogP contribution in [0.5, 0.6) is 5.75 Å². The summed E-state index contributed by atoms with van der Waals surface area (Å²) in [5.74, 6) is 0.254. The van der Waals surface area contributed by atoms with E-state index >= 15 is 0 Å². The van der Waals surface area contributed by atoms with Crippen molar-refractivity contribution in [2.24, 2.45) is 0 Å². The van der Waals surface area contributed by atoms with E-state index in [1.165, 1.54) is 0 Å². The molecule has 0 unspecified atom stereocenters. The minimum atomic E-state index is 0.0480. The highest BCUT2D eigenvalue weighted by molar-refractivity contribution is 9.10. The number of hydrogen-bond donors (Lipinski definition) is 1. The lowest BCUT2D eigenvalue weighted by Crippen LogP contribution is -2.47. The van der Waals surface area contributed by atoms with Crippen LogP contribution < -0.4 is 0 Å². The average molecular weight is 452 g/mol. The third-order valence-corrected chi connectivity index (χ3v) is 5.73. The Balaban J connectivity index is 1.35. The molecule has 0 saturated carbocycles. The molecule has 1 amide bonds. The number of rotatable bonds is 4.